The van der Waals surface area contributed by atoms with Crippen LogP contribution in [0.3, 0.4) is 0 Å². The van der Waals surface area contributed by atoms with Crippen molar-refractivity contribution in [2.75, 3.05) is 6.54 Å². The van der Waals surface area contributed by atoms with Crippen molar-refractivity contribution in [3.05, 3.63) is 45.9 Å². The Hall–Kier alpha value is -2.30. The normalized spacial score (nSPS) is 14.8. The number of rotatable bonds is 4. The smallest absolute Gasteiger partial charge is 0.328 e. The van der Waals surface area contributed by atoms with Crippen LogP contribution < -0.4 is 11.0 Å². The molecule has 3 rings (SSSR count). The van der Waals surface area contributed by atoms with Crippen LogP contribution in [0.1, 0.15) is 42.5 Å². The van der Waals surface area contributed by atoms with E-state index in [0.29, 0.717) is 12.1 Å². The molecule has 0 fully saturated rings. The minimum atomic E-state index is -0.0837. The van der Waals surface area contributed by atoms with Crippen LogP contribution in [0.5, 0.6) is 0 Å². The van der Waals surface area contributed by atoms with Gasteiger partial charge in [-0.15, -0.1) is 0 Å². The van der Waals surface area contributed by atoms with Crippen molar-refractivity contribution in [3.63, 3.8) is 0 Å². The summed E-state index contributed by atoms with van der Waals surface area (Å²) in [5.41, 5.74) is 3.58. The zero-order valence-corrected chi connectivity index (χ0v) is 13.8. The summed E-state index contributed by atoms with van der Waals surface area (Å²) in [7, 11) is 3.46. The fourth-order valence-corrected chi connectivity index (χ4v) is 3.22. The first-order chi connectivity index (χ1) is 11.1. The van der Waals surface area contributed by atoms with Gasteiger partial charge in [-0.1, -0.05) is 11.6 Å². The molecule has 0 radical (unpaired) electrons. The Morgan fingerprint density at radius 1 is 1.17 bits per heavy atom. The number of allylic oxidation sites excluding steroid dienone is 1. The summed E-state index contributed by atoms with van der Waals surface area (Å²) in [6.45, 7) is 0.663. The molecule has 0 saturated carbocycles. The maximum Gasteiger partial charge on any atom is 0.328 e. The summed E-state index contributed by atoms with van der Waals surface area (Å²) in [6, 6.07) is 5.39. The number of imidazole rings is 1. The third kappa shape index (κ3) is 3.09. The molecule has 0 saturated heterocycles. The second kappa shape index (κ2) is 6.44. The molecule has 5 nitrogen and oxygen atoms in total. The topological polar surface area (TPSA) is 56.0 Å². The second-order valence-electron chi connectivity index (χ2n) is 6.22. The van der Waals surface area contributed by atoms with Gasteiger partial charge in [-0.25, -0.2) is 4.79 Å². The van der Waals surface area contributed by atoms with E-state index in [1.54, 1.807) is 35.4 Å². The minimum Gasteiger partial charge on any atom is -0.352 e. The highest BCUT2D eigenvalue weighted by molar-refractivity contribution is 5.97. The highest BCUT2D eigenvalue weighted by Gasteiger charge is 2.12. The molecule has 0 unspecified atom stereocenters. The SMILES string of the molecule is Cn1c(=O)n(C)c2cc(C(=O)NCCC3=CCCCC3)ccc21. The predicted octanol–water partition coefficient (Wildman–Crippen LogP) is 2.50. The zero-order valence-electron chi connectivity index (χ0n) is 13.8. The van der Waals surface area contributed by atoms with Crippen LogP contribution >= 0.6 is 0 Å². The maximum absolute atomic E-state index is 12.3. The van der Waals surface area contributed by atoms with Crippen LogP contribution in [-0.4, -0.2) is 21.6 Å². The molecule has 2 aromatic rings. The molecule has 0 aliphatic heterocycles. The van der Waals surface area contributed by atoms with E-state index in [0.717, 1.165) is 23.9 Å². The number of aromatic nitrogens is 2. The molecular formula is C18H23N3O2. The van der Waals surface area contributed by atoms with Gasteiger partial charge in [0.15, 0.2) is 0 Å². The van der Waals surface area contributed by atoms with Crippen molar-refractivity contribution >= 4 is 16.9 Å². The Bertz CT molecular complexity index is 827. The van der Waals surface area contributed by atoms with Crippen molar-refractivity contribution < 1.29 is 4.79 Å². The lowest BCUT2D eigenvalue weighted by Crippen LogP contribution is -2.24. The van der Waals surface area contributed by atoms with E-state index < -0.39 is 0 Å². The Labute approximate surface area is 135 Å². The molecular weight excluding hydrogens is 290 g/mol. The van der Waals surface area contributed by atoms with Gasteiger partial charge in [0.2, 0.25) is 0 Å². The first-order valence-electron chi connectivity index (χ1n) is 8.19. The quantitative estimate of drug-likeness (QED) is 0.882. The number of carbonyl (C=O) groups excluding carboxylic acids is 1. The Balaban J connectivity index is 1.70. The summed E-state index contributed by atoms with van der Waals surface area (Å²) >= 11 is 0. The van der Waals surface area contributed by atoms with Gasteiger partial charge in [0.1, 0.15) is 0 Å². The molecule has 1 amide bonds. The average Bonchev–Trinajstić information content (AvgIpc) is 2.80. The summed E-state index contributed by atoms with van der Waals surface area (Å²) < 4.78 is 3.16. The van der Waals surface area contributed by atoms with Crippen LogP contribution in [0.4, 0.5) is 0 Å². The summed E-state index contributed by atoms with van der Waals surface area (Å²) in [4.78, 5) is 24.2. The maximum atomic E-state index is 12.3. The van der Waals surface area contributed by atoms with E-state index in [2.05, 4.69) is 11.4 Å². The minimum absolute atomic E-state index is 0.0817. The van der Waals surface area contributed by atoms with E-state index in [-0.39, 0.29) is 11.6 Å². The largest absolute Gasteiger partial charge is 0.352 e. The number of hydrogen-bond donors (Lipinski definition) is 1. The van der Waals surface area contributed by atoms with Crippen molar-refractivity contribution in [1.29, 1.82) is 0 Å². The monoisotopic (exact) mass is 313 g/mol. The van der Waals surface area contributed by atoms with Gasteiger partial charge < -0.3 is 5.32 Å². The number of carbonyl (C=O) groups is 1. The zero-order chi connectivity index (χ0) is 16.4. The van der Waals surface area contributed by atoms with Crippen LogP contribution in [0.25, 0.3) is 11.0 Å². The van der Waals surface area contributed by atoms with E-state index >= 15 is 0 Å². The molecule has 1 aromatic heterocycles. The van der Waals surface area contributed by atoms with Crippen LogP contribution in [0.2, 0.25) is 0 Å². The van der Waals surface area contributed by atoms with Crippen molar-refractivity contribution in [2.45, 2.75) is 32.1 Å². The number of benzene rings is 1. The van der Waals surface area contributed by atoms with Gasteiger partial charge in [0.05, 0.1) is 11.0 Å². The van der Waals surface area contributed by atoms with E-state index in [4.69, 9.17) is 0 Å². The summed E-state index contributed by atoms with van der Waals surface area (Å²) in [6.07, 6.45) is 8.11. The third-order valence-electron chi connectivity index (χ3n) is 4.65. The highest BCUT2D eigenvalue weighted by Crippen LogP contribution is 2.19. The first-order valence-corrected chi connectivity index (χ1v) is 8.19. The Kier molecular flexibility index (Phi) is 4.37. The lowest BCUT2D eigenvalue weighted by molar-refractivity contribution is 0.0954. The van der Waals surface area contributed by atoms with Gasteiger partial charge in [-0.3, -0.25) is 13.9 Å². The van der Waals surface area contributed by atoms with Crippen molar-refractivity contribution in [2.24, 2.45) is 14.1 Å². The molecule has 1 N–H and O–H groups in total. The molecule has 0 atom stereocenters. The molecule has 122 valence electrons. The number of hydrogen-bond acceptors (Lipinski definition) is 2. The van der Waals surface area contributed by atoms with Crippen molar-refractivity contribution in [1.82, 2.24) is 14.5 Å². The van der Waals surface area contributed by atoms with Gasteiger partial charge in [0.25, 0.3) is 5.91 Å². The fraction of sp³-hybridized carbons (Fsp3) is 0.444. The van der Waals surface area contributed by atoms with Gasteiger partial charge in [0, 0.05) is 26.2 Å². The lowest BCUT2D eigenvalue weighted by Gasteiger charge is -2.13. The summed E-state index contributed by atoms with van der Waals surface area (Å²) in [5.74, 6) is -0.0837. The molecule has 1 heterocycles. The molecule has 0 spiro atoms. The Morgan fingerprint density at radius 2 is 1.96 bits per heavy atom. The molecule has 0 bridgehead atoms. The highest BCUT2D eigenvalue weighted by atomic mass is 16.2. The van der Waals surface area contributed by atoms with E-state index in [1.807, 2.05) is 6.07 Å². The molecule has 1 aromatic carbocycles. The van der Waals surface area contributed by atoms with E-state index in [9.17, 15) is 9.59 Å². The number of nitrogens with zero attached hydrogens (tertiary/aromatic N) is 2. The summed E-state index contributed by atoms with van der Waals surface area (Å²) in [5, 5.41) is 2.98. The van der Waals surface area contributed by atoms with E-state index in [1.165, 1.54) is 24.8 Å². The average molecular weight is 313 g/mol. The third-order valence-corrected chi connectivity index (χ3v) is 4.65. The van der Waals surface area contributed by atoms with Crippen LogP contribution in [-0.2, 0) is 14.1 Å². The molecule has 1 aliphatic carbocycles. The second-order valence-corrected chi connectivity index (χ2v) is 6.22. The van der Waals surface area contributed by atoms with Gasteiger partial charge in [-0.2, -0.15) is 0 Å². The molecule has 5 heteroatoms. The Morgan fingerprint density at radius 3 is 2.70 bits per heavy atom. The van der Waals surface area contributed by atoms with Crippen LogP contribution in [0.15, 0.2) is 34.6 Å². The first kappa shape index (κ1) is 15.6. The molecule has 1 aliphatic rings. The lowest BCUT2D eigenvalue weighted by atomic mass is 9.97. The number of fused-ring (bicyclic) bond motifs is 1. The number of nitrogens with one attached hydrogen (secondary N) is 1. The van der Waals surface area contributed by atoms with Crippen LogP contribution in [0, 0.1) is 0 Å². The van der Waals surface area contributed by atoms with Gasteiger partial charge in [-0.05, 0) is 50.3 Å². The predicted molar refractivity (Wildman–Crippen MR) is 91.7 cm³/mol. The number of aryl methyl sites for hydroxylation is 2. The standard InChI is InChI=1S/C18H23N3O2/c1-20-15-9-8-14(12-16(15)21(2)18(20)23)17(22)19-11-10-13-6-4-3-5-7-13/h6,8-9,12H,3-5,7,10-11H2,1-2H3,(H,19,22). The number of amides is 1. The van der Waals surface area contributed by atoms with Gasteiger partial charge >= 0.3 is 5.69 Å². The molecule has 23 heavy (non-hydrogen) atoms. The fourth-order valence-electron chi connectivity index (χ4n) is 3.22. The van der Waals surface area contributed by atoms with Crippen molar-refractivity contribution in [3.8, 4) is 0 Å².